The number of carbonyl (C=O) groups is 1. The van der Waals surface area contributed by atoms with Crippen LogP contribution in [0.5, 0.6) is 11.5 Å². The molecule has 7 nitrogen and oxygen atoms in total. The zero-order valence-corrected chi connectivity index (χ0v) is 15.4. The van der Waals surface area contributed by atoms with Crippen LogP contribution in [0.15, 0.2) is 54.7 Å². The summed E-state index contributed by atoms with van der Waals surface area (Å²) < 4.78 is 10.5. The van der Waals surface area contributed by atoms with Gasteiger partial charge in [0.15, 0.2) is 11.5 Å². The molecule has 3 rings (SSSR count). The van der Waals surface area contributed by atoms with Crippen molar-refractivity contribution in [1.29, 1.82) is 0 Å². The Balaban J connectivity index is 1.77. The van der Waals surface area contributed by atoms with Gasteiger partial charge in [-0.2, -0.15) is 0 Å². The molecule has 8 heteroatoms. The molecule has 0 aliphatic carbocycles. The largest absolute Gasteiger partial charge is 0.493 e. The van der Waals surface area contributed by atoms with Crippen LogP contribution in [0.25, 0.3) is 0 Å². The molecule has 0 fully saturated rings. The standard InChI is InChI=1S/C19H17ClN4O3/c1-26-16-8-7-12(11-17(16)27-2)22-19-21-10-9-15(24-19)18(25)23-14-6-4-3-5-13(14)20/h3-11H,1-2H3,(H,23,25)(H,21,22,24). The Labute approximate surface area is 161 Å². The third kappa shape index (κ3) is 4.45. The first kappa shape index (κ1) is 18.5. The molecule has 0 aliphatic heterocycles. The molecular weight excluding hydrogens is 368 g/mol. The van der Waals surface area contributed by atoms with E-state index in [9.17, 15) is 4.79 Å². The van der Waals surface area contributed by atoms with E-state index in [1.165, 1.54) is 12.3 Å². The third-order valence-corrected chi connectivity index (χ3v) is 3.98. The maximum atomic E-state index is 12.4. The van der Waals surface area contributed by atoms with Crippen molar-refractivity contribution in [3.05, 3.63) is 65.4 Å². The lowest BCUT2D eigenvalue weighted by Crippen LogP contribution is -2.15. The molecule has 0 saturated carbocycles. The molecule has 2 aromatic carbocycles. The fourth-order valence-electron chi connectivity index (χ4n) is 2.34. The summed E-state index contributed by atoms with van der Waals surface area (Å²) in [5.74, 6) is 1.06. The maximum Gasteiger partial charge on any atom is 0.274 e. The average molecular weight is 385 g/mol. The Morgan fingerprint density at radius 1 is 1.04 bits per heavy atom. The van der Waals surface area contributed by atoms with E-state index in [1.54, 1.807) is 56.7 Å². The average Bonchev–Trinajstić information content (AvgIpc) is 2.69. The normalized spacial score (nSPS) is 10.2. The number of rotatable bonds is 6. The van der Waals surface area contributed by atoms with E-state index in [0.29, 0.717) is 27.9 Å². The van der Waals surface area contributed by atoms with Crippen molar-refractivity contribution in [3.8, 4) is 11.5 Å². The first-order valence-electron chi connectivity index (χ1n) is 7.98. The van der Waals surface area contributed by atoms with Gasteiger partial charge >= 0.3 is 0 Å². The quantitative estimate of drug-likeness (QED) is 0.664. The van der Waals surface area contributed by atoms with Gasteiger partial charge in [-0.05, 0) is 30.3 Å². The van der Waals surface area contributed by atoms with Gasteiger partial charge in [0.1, 0.15) is 5.69 Å². The van der Waals surface area contributed by atoms with Crippen molar-refractivity contribution >= 4 is 34.8 Å². The molecule has 27 heavy (non-hydrogen) atoms. The summed E-state index contributed by atoms with van der Waals surface area (Å²) in [5, 5.41) is 6.21. The molecule has 1 amide bonds. The lowest BCUT2D eigenvalue weighted by atomic mass is 10.2. The van der Waals surface area contributed by atoms with Crippen molar-refractivity contribution in [2.45, 2.75) is 0 Å². The van der Waals surface area contributed by atoms with Crippen LogP contribution in [0.4, 0.5) is 17.3 Å². The number of hydrogen-bond acceptors (Lipinski definition) is 6. The number of ether oxygens (including phenoxy) is 2. The van der Waals surface area contributed by atoms with Crippen molar-refractivity contribution in [2.75, 3.05) is 24.9 Å². The Bertz CT molecular complexity index is 965. The summed E-state index contributed by atoms with van der Waals surface area (Å²) in [4.78, 5) is 20.8. The summed E-state index contributed by atoms with van der Waals surface area (Å²) >= 11 is 6.07. The zero-order chi connectivity index (χ0) is 19.2. The molecular formula is C19H17ClN4O3. The minimum absolute atomic E-state index is 0.202. The molecule has 0 atom stereocenters. The van der Waals surface area contributed by atoms with Crippen molar-refractivity contribution in [2.24, 2.45) is 0 Å². The van der Waals surface area contributed by atoms with Crippen molar-refractivity contribution in [3.63, 3.8) is 0 Å². The number of hydrogen-bond donors (Lipinski definition) is 2. The van der Waals surface area contributed by atoms with Gasteiger partial charge in [0, 0.05) is 18.0 Å². The number of para-hydroxylation sites is 1. The molecule has 1 heterocycles. The summed E-state index contributed by atoms with van der Waals surface area (Å²) in [6.07, 6.45) is 1.50. The van der Waals surface area contributed by atoms with E-state index < -0.39 is 0 Å². The summed E-state index contributed by atoms with van der Waals surface area (Å²) in [7, 11) is 3.12. The number of carbonyl (C=O) groups excluding carboxylic acids is 1. The van der Waals surface area contributed by atoms with Gasteiger partial charge in [-0.15, -0.1) is 0 Å². The highest BCUT2D eigenvalue weighted by atomic mass is 35.5. The molecule has 0 aliphatic rings. The molecule has 0 unspecified atom stereocenters. The Morgan fingerprint density at radius 3 is 2.56 bits per heavy atom. The topological polar surface area (TPSA) is 85.4 Å². The van der Waals surface area contributed by atoms with Crippen LogP contribution in [0, 0.1) is 0 Å². The monoisotopic (exact) mass is 384 g/mol. The van der Waals surface area contributed by atoms with Crippen LogP contribution in [0.3, 0.4) is 0 Å². The molecule has 0 saturated heterocycles. The van der Waals surface area contributed by atoms with Gasteiger partial charge in [-0.1, -0.05) is 23.7 Å². The Hall–Kier alpha value is -3.32. The first-order chi connectivity index (χ1) is 13.1. The number of halogens is 1. The van der Waals surface area contributed by atoms with E-state index in [-0.39, 0.29) is 17.5 Å². The van der Waals surface area contributed by atoms with Gasteiger partial charge < -0.3 is 20.1 Å². The van der Waals surface area contributed by atoms with Gasteiger partial charge in [0.25, 0.3) is 5.91 Å². The van der Waals surface area contributed by atoms with Crippen molar-refractivity contribution < 1.29 is 14.3 Å². The highest BCUT2D eigenvalue weighted by molar-refractivity contribution is 6.33. The Morgan fingerprint density at radius 2 is 1.81 bits per heavy atom. The number of amides is 1. The Kier molecular flexibility index (Phi) is 5.73. The lowest BCUT2D eigenvalue weighted by molar-refractivity contribution is 0.102. The highest BCUT2D eigenvalue weighted by Gasteiger charge is 2.12. The number of methoxy groups -OCH3 is 2. The van der Waals surface area contributed by atoms with Crippen LogP contribution >= 0.6 is 11.6 Å². The van der Waals surface area contributed by atoms with E-state index >= 15 is 0 Å². The number of anilines is 3. The first-order valence-corrected chi connectivity index (χ1v) is 8.36. The maximum absolute atomic E-state index is 12.4. The van der Waals surface area contributed by atoms with Crippen LogP contribution in [-0.4, -0.2) is 30.1 Å². The molecule has 0 radical (unpaired) electrons. The predicted octanol–water partition coefficient (Wildman–Crippen LogP) is 4.14. The number of benzene rings is 2. The fraction of sp³-hybridized carbons (Fsp3) is 0.105. The van der Waals surface area contributed by atoms with Gasteiger partial charge in [-0.25, -0.2) is 9.97 Å². The highest BCUT2D eigenvalue weighted by Crippen LogP contribution is 2.30. The summed E-state index contributed by atoms with van der Waals surface area (Å²) in [6, 6.07) is 13.8. The second-order valence-corrected chi connectivity index (χ2v) is 5.80. The summed E-state index contributed by atoms with van der Waals surface area (Å²) in [5.41, 5.74) is 1.40. The molecule has 1 aromatic heterocycles. The third-order valence-electron chi connectivity index (χ3n) is 3.65. The molecule has 0 bridgehead atoms. The van der Waals surface area contributed by atoms with Crippen LogP contribution in [0.2, 0.25) is 5.02 Å². The van der Waals surface area contributed by atoms with Crippen LogP contribution < -0.4 is 20.1 Å². The number of aromatic nitrogens is 2. The minimum atomic E-state index is -0.388. The van der Waals surface area contributed by atoms with Crippen molar-refractivity contribution in [1.82, 2.24) is 9.97 Å². The van der Waals surface area contributed by atoms with E-state index in [0.717, 1.165) is 0 Å². The SMILES string of the molecule is COc1ccc(Nc2nccc(C(=O)Nc3ccccc3Cl)n2)cc1OC. The smallest absolute Gasteiger partial charge is 0.274 e. The number of nitrogens with one attached hydrogen (secondary N) is 2. The van der Waals surface area contributed by atoms with Crippen LogP contribution in [0.1, 0.15) is 10.5 Å². The molecule has 138 valence electrons. The molecule has 0 spiro atoms. The van der Waals surface area contributed by atoms with Gasteiger partial charge in [0.2, 0.25) is 5.95 Å². The lowest BCUT2D eigenvalue weighted by Gasteiger charge is -2.11. The van der Waals surface area contributed by atoms with Gasteiger partial charge in [-0.3, -0.25) is 4.79 Å². The van der Waals surface area contributed by atoms with Gasteiger partial charge in [0.05, 0.1) is 24.9 Å². The predicted molar refractivity (Wildman–Crippen MR) is 104 cm³/mol. The molecule has 2 N–H and O–H groups in total. The molecule has 3 aromatic rings. The fourth-order valence-corrected chi connectivity index (χ4v) is 2.52. The summed E-state index contributed by atoms with van der Waals surface area (Å²) in [6.45, 7) is 0. The van der Waals surface area contributed by atoms with E-state index in [2.05, 4.69) is 20.6 Å². The van der Waals surface area contributed by atoms with E-state index in [1.807, 2.05) is 0 Å². The number of nitrogens with zero attached hydrogens (tertiary/aromatic N) is 2. The second kappa shape index (κ2) is 8.37. The second-order valence-electron chi connectivity index (χ2n) is 5.39. The minimum Gasteiger partial charge on any atom is -0.493 e. The van der Waals surface area contributed by atoms with Crippen LogP contribution in [-0.2, 0) is 0 Å². The van der Waals surface area contributed by atoms with E-state index in [4.69, 9.17) is 21.1 Å². The zero-order valence-electron chi connectivity index (χ0n) is 14.7.